The second-order valence-electron chi connectivity index (χ2n) is 7.16. The number of hydrogen-bond donors (Lipinski definition) is 0. The average molecular weight is 389 g/mol. The van der Waals surface area contributed by atoms with Crippen LogP contribution < -0.4 is 0 Å². The van der Waals surface area contributed by atoms with Gasteiger partial charge in [-0.2, -0.15) is 0 Å². The van der Waals surface area contributed by atoms with Crippen LogP contribution in [0, 0.1) is 17.8 Å². The van der Waals surface area contributed by atoms with Crippen molar-refractivity contribution in [1.29, 1.82) is 0 Å². The van der Waals surface area contributed by atoms with Gasteiger partial charge in [-0.3, -0.25) is 14.4 Å². The van der Waals surface area contributed by atoms with E-state index in [1.807, 2.05) is 56.3 Å². The number of ketones is 1. The highest BCUT2D eigenvalue weighted by molar-refractivity contribution is 5.95. The minimum absolute atomic E-state index is 0.115. The summed E-state index contributed by atoms with van der Waals surface area (Å²) in [5.41, 5.74) is 0.993. The molecule has 1 atom stereocenters. The molecule has 0 aliphatic carbocycles. The topological polar surface area (TPSA) is 69.7 Å². The highest BCUT2D eigenvalue weighted by atomic mass is 16.6. The molecule has 1 unspecified atom stereocenters. The molecule has 154 valence electrons. The molecule has 0 N–H and O–H groups in total. The fraction of sp³-hybridized carbons (Fsp3) is 0.522. The van der Waals surface area contributed by atoms with Crippen molar-refractivity contribution in [3.8, 4) is 0 Å². The zero-order valence-electron chi connectivity index (χ0n) is 17.4. The minimum Gasteiger partial charge on any atom is -0.465 e. The Morgan fingerprint density at radius 3 is 2.00 bits per heavy atom. The molecule has 5 heteroatoms. The summed E-state index contributed by atoms with van der Waals surface area (Å²) in [7, 11) is 0. The molecule has 1 aromatic rings. The predicted molar refractivity (Wildman–Crippen MR) is 109 cm³/mol. The number of benzene rings is 1. The molecular formula is C23H32O5. The third kappa shape index (κ3) is 8.98. The van der Waals surface area contributed by atoms with Gasteiger partial charge in [-0.25, -0.2) is 0 Å². The van der Waals surface area contributed by atoms with Crippen molar-refractivity contribution in [2.24, 2.45) is 17.8 Å². The van der Waals surface area contributed by atoms with E-state index < -0.39 is 17.9 Å². The van der Waals surface area contributed by atoms with Crippen LogP contribution in [0.15, 0.2) is 36.4 Å². The SMILES string of the molecule is CCOC(=O)C(CC(/C=C/c1ccccc1)CC(=O)CC(C)C)C(=O)OCC. The van der Waals surface area contributed by atoms with Crippen molar-refractivity contribution in [1.82, 2.24) is 0 Å². The van der Waals surface area contributed by atoms with Gasteiger partial charge in [0.25, 0.3) is 0 Å². The van der Waals surface area contributed by atoms with Gasteiger partial charge in [0.15, 0.2) is 5.92 Å². The van der Waals surface area contributed by atoms with E-state index in [1.54, 1.807) is 13.8 Å². The van der Waals surface area contributed by atoms with Crippen LogP contribution in [-0.4, -0.2) is 30.9 Å². The smallest absolute Gasteiger partial charge is 0.320 e. The monoisotopic (exact) mass is 388 g/mol. The Kier molecular flexibility index (Phi) is 10.8. The average Bonchev–Trinajstić information content (AvgIpc) is 2.64. The molecule has 0 heterocycles. The van der Waals surface area contributed by atoms with Gasteiger partial charge in [-0.15, -0.1) is 0 Å². The maximum atomic E-state index is 12.4. The Morgan fingerprint density at radius 1 is 0.929 bits per heavy atom. The molecule has 0 aromatic heterocycles. The Hall–Kier alpha value is -2.43. The Labute approximate surface area is 168 Å². The van der Waals surface area contributed by atoms with E-state index >= 15 is 0 Å². The second kappa shape index (κ2) is 12.9. The fourth-order valence-electron chi connectivity index (χ4n) is 2.95. The van der Waals surface area contributed by atoms with Crippen LogP contribution in [0.25, 0.3) is 6.08 Å². The largest absolute Gasteiger partial charge is 0.465 e. The molecule has 28 heavy (non-hydrogen) atoms. The summed E-state index contributed by atoms with van der Waals surface area (Å²) in [6.07, 6.45) is 4.75. The summed E-state index contributed by atoms with van der Waals surface area (Å²) in [5.74, 6) is -2.12. The number of carbonyl (C=O) groups is 3. The third-order valence-corrected chi connectivity index (χ3v) is 4.17. The summed E-state index contributed by atoms with van der Waals surface area (Å²) in [5, 5.41) is 0. The van der Waals surface area contributed by atoms with Gasteiger partial charge >= 0.3 is 11.9 Å². The van der Waals surface area contributed by atoms with E-state index in [0.29, 0.717) is 6.42 Å². The van der Waals surface area contributed by atoms with E-state index in [9.17, 15) is 14.4 Å². The van der Waals surface area contributed by atoms with E-state index in [4.69, 9.17) is 9.47 Å². The summed E-state index contributed by atoms with van der Waals surface area (Å²) >= 11 is 0. The number of esters is 2. The second-order valence-corrected chi connectivity index (χ2v) is 7.16. The molecule has 0 aliphatic rings. The molecule has 0 saturated heterocycles. The number of hydrogen-bond acceptors (Lipinski definition) is 5. The van der Waals surface area contributed by atoms with Gasteiger partial charge in [0.2, 0.25) is 0 Å². The fourth-order valence-corrected chi connectivity index (χ4v) is 2.95. The molecule has 0 aliphatic heterocycles. The van der Waals surface area contributed by atoms with E-state index in [0.717, 1.165) is 5.56 Å². The van der Waals surface area contributed by atoms with Gasteiger partial charge in [0.05, 0.1) is 13.2 Å². The molecule has 1 aromatic carbocycles. The predicted octanol–water partition coefficient (Wildman–Crippen LogP) is 4.45. The van der Waals surface area contributed by atoms with Gasteiger partial charge in [-0.1, -0.05) is 56.3 Å². The number of Topliss-reactive ketones (excluding diaryl/α,β-unsaturated/α-hetero) is 1. The van der Waals surface area contributed by atoms with Crippen LogP contribution in [0.5, 0.6) is 0 Å². The summed E-state index contributed by atoms with van der Waals surface area (Å²) in [6.45, 7) is 7.74. The molecule has 0 radical (unpaired) electrons. The van der Waals surface area contributed by atoms with Crippen molar-refractivity contribution in [3.05, 3.63) is 42.0 Å². The number of rotatable bonds is 12. The van der Waals surface area contributed by atoms with Crippen molar-refractivity contribution in [2.75, 3.05) is 13.2 Å². The molecule has 5 nitrogen and oxygen atoms in total. The summed E-state index contributed by atoms with van der Waals surface area (Å²) in [6, 6.07) is 9.70. The van der Waals surface area contributed by atoms with Gasteiger partial charge in [0, 0.05) is 12.8 Å². The van der Waals surface area contributed by atoms with Crippen molar-refractivity contribution in [2.45, 2.75) is 47.0 Å². The first-order chi connectivity index (χ1) is 13.4. The lowest BCUT2D eigenvalue weighted by molar-refractivity contribution is -0.162. The van der Waals surface area contributed by atoms with Crippen molar-refractivity contribution < 1.29 is 23.9 Å². The van der Waals surface area contributed by atoms with E-state index in [1.165, 1.54) is 0 Å². The van der Waals surface area contributed by atoms with Crippen LogP contribution in [-0.2, 0) is 23.9 Å². The zero-order chi connectivity index (χ0) is 20.9. The summed E-state index contributed by atoms with van der Waals surface area (Å²) in [4.78, 5) is 37.0. The molecule has 1 rings (SSSR count). The highest BCUT2D eigenvalue weighted by Crippen LogP contribution is 2.23. The number of allylic oxidation sites excluding steroid dienone is 1. The molecular weight excluding hydrogens is 356 g/mol. The third-order valence-electron chi connectivity index (χ3n) is 4.17. The van der Waals surface area contributed by atoms with Gasteiger partial charge in [-0.05, 0) is 37.7 Å². The highest BCUT2D eigenvalue weighted by Gasteiger charge is 2.32. The van der Waals surface area contributed by atoms with Crippen LogP contribution in [0.4, 0.5) is 0 Å². The van der Waals surface area contributed by atoms with Crippen molar-refractivity contribution >= 4 is 23.8 Å². The van der Waals surface area contributed by atoms with Crippen LogP contribution in [0.1, 0.15) is 52.5 Å². The molecule has 0 fully saturated rings. The Balaban J connectivity index is 3.01. The lowest BCUT2D eigenvalue weighted by Gasteiger charge is -2.19. The lowest BCUT2D eigenvalue weighted by Crippen LogP contribution is -2.30. The standard InChI is InChI=1S/C23H32O5/c1-5-27-22(25)21(23(26)28-6-2)16-19(15-20(24)14-17(3)4)13-12-18-10-8-7-9-11-18/h7-13,17,19,21H,5-6,14-16H2,1-4H3/b13-12+. The maximum Gasteiger partial charge on any atom is 0.320 e. The maximum absolute atomic E-state index is 12.4. The molecule has 0 saturated carbocycles. The minimum atomic E-state index is -1.03. The van der Waals surface area contributed by atoms with Gasteiger partial charge < -0.3 is 9.47 Å². The zero-order valence-corrected chi connectivity index (χ0v) is 17.4. The Bertz CT molecular complexity index is 630. The summed E-state index contributed by atoms with van der Waals surface area (Å²) < 4.78 is 10.1. The molecule has 0 spiro atoms. The number of ether oxygens (including phenoxy) is 2. The molecule has 0 bridgehead atoms. The normalized spacial score (nSPS) is 12.4. The molecule has 0 amide bonds. The number of carbonyl (C=O) groups excluding carboxylic acids is 3. The van der Waals surface area contributed by atoms with E-state index in [2.05, 4.69) is 0 Å². The van der Waals surface area contributed by atoms with Crippen molar-refractivity contribution in [3.63, 3.8) is 0 Å². The Morgan fingerprint density at radius 2 is 1.50 bits per heavy atom. The first-order valence-corrected chi connectivity index (χ1v) is 9.95. The van der Waals surface area contributed by atoms with Crippen LogP contribution >= 0.6 is 0 Å². The van der Waals surface area contributed by atoms with Gasteiger partial charge in [0.1, 0.15) is 5.78 Å². The lowest BCUT2D eigenvalue weighted by atomic mass is 9.88. The first-order valence-electron chi connectivity index (χ1n) is 9.95. The first kappa shape index (κ1) is 23.6. The van der Waals surface area contributed by atoms with E-state index in [-0.39, 0.29) is 43.7 Å². The van der Waals surface area contributed by atoms with Crippen LogP contribution in [0.2, 0.25) is 0 Å². The quantitative estimate of drug-likeness (QED) is 0.391. The van der Waals surface area contributed by atoms with Crippen LogP contribution in [0.3, 0.4) is 0 Å².